The summed E-state index contributed by atoms with van der Waals surface area (Å²) in [7, 11) is 0. The molecule has 1 atom stereocenters. The average Bonchev–Trinajstić information content (AvgIpc) is 4.28. The van der Waals surface area contributed by atoms with Gasteiger partial charge in [-0.3, -0.25) is 0 Å². The highest BCUT2D eigenvalue weighted by molar-refractivity contribution is 6.92. The highest BCUT2D eigenvalue weighted by atomic mass is 16.3. The van der Waals surface area contributed by atoms with Crippen molar-refractivity contribution >= 4 is 106 Å². The molecule has 0 saturated heterocycles. The van der Waals surface area contributed by atoms with Gasteiger partial charge in [0.1, 0.15) is 27.9 Å². The Bertz CT molecular complexity index is 4610. The fourth-order valence-corrected chi connectivity index (χ4v) is 15.8. The number of nitrogens with zero attached hydrogens (tertiary/aromatic N) is 1. The molecule has 75 heavy (non-hydrogen) atoms. The summed E-state index contributed by atoms with van der Waals surface area (Å²) in [5.41, 5.74) is 25.5. The summed E-state index contributed by atoms with van der Waals surface area (Å²) >= 11 is 0. The summed E-state index contributed by atoms with van der Waals surface area (Å²) in [6.45, 7) is 19.1. The fraction of sp³-hybridized carbons (Fsp3) is 0.257. The third-order valence-corrected chi connectivity index (χ3v) is 20.0. The van der Waals surface area contributed by atoms with Crippen LogP contribution in [-0.2, 0) is 28.1 Å². The Balaban J connectivity index is 1.03. The first-order chi connectivity index (χ1) is 36.1. The minimum absolute atomic E-state index is 0.0401. The van der Waals surface area contributed by atoms with Crippen molar-refractivity contribution in [3.8, 4) is 22.3 Å². The van der Waals surface area contributed by atoms with Gasteiger partial charge in [0, 0.05) is 55.0 Å². The Morgan fingerprint density at radius 2 is 1.03 bits per heavy atom. The highest BCUT2D eigenvalue weighted by Gasteiger charge is 2.50. The standard InChI is InChI=1S/C70H58BNO3/c1-67(2)27-29-69(5,6)52-35-58-45(33-50(52)67)42-19-14-21-56(64(42)74-58)72-55-26-25-43-46-34-51-53(70(7,8)30-28-68(51,3)4)36-59(46)75-65(43)61(55)49-32-47-40-17-11-12-22-57(40)73-66(47)62-48-31-44-38-16-10-9-15-37(38)23-24-39(44)41-18-13-20-54(60(41)48)71(72)63(49)62/h9-26,32-36,48H,27-31H2,1-8H3. The van der Waals surface area contributed by atoms with Crippen LogP contribution in [0.15, 0.2) is 153 Å². The quantitative estimate of drug-likeness (QED) is 0.154. The molecule has 17 rings (SSSR count). The van der Waals surface area contributed by atoms with Crippen molar-refractivity contribution in [2.45, 2.75) is 115 Å². The van der Waals surface area contributed by atoms with Crippen LogP contribution in [-0.4, -0.2) is 6.85 Å². The van der Waals surface area contributed by atoms with Crippen LogP contribution < -0.4 is 15.7 Å². The highest BCUT2D eigenvalue weighted by Crippen LogP contribution is 2.57. The van der Waals surface area contributed by atoms with Crippen molar-refractivity contribution in [1.29, 1.82) is 0 Å². The van der Waals surface area contributed by atoms with Gasteiger partial charge in [0.15, 0.2) is 5.58 Å². The topological polar surface area (TPSA) is 42.7 Å². The van der Waals surface area contributed by atoms with Crippen molar-refractivity contribution in [2.75, 3.05) is 4.81 Å². The largest absolute Gasteiger partial charge is 0.456 e. The molecule has 0 amide bonds. The molecule has 3 aliphatic carbocycles. The molecule has 5 aliphatic rings. The number of hydrogen-bond donors (Lipinski definition) is 0. The maximum Gasteiger partial charge on any atom is 0.329 e. The molecule has 0 saturated carbocycles. The van der Waals surface area contributed by atoms with Gasteiger partial charge in [0.05, 0.1) is 5.69 Å². The molecule has 0 radical (unpaired) electrons. The Labute approximate surface area is 437 Å². The molecule has 0 bridgehead atoms. The van der Waals surface area contributed by atoms with Gasteiger partial charge in [-0.05, 0) is 180 Å². The molecule has 4 nitrogen and oxygen atoms in total. The fourth-order valence-electron chi connectivity index (χ4n) is 15.8. The van der Waals surface area contributed by atoms with Crippen LogP contribution in [0.2, 0.25) is 0 Å². The van der Waals surface area contributed by atoms with Crippen LogP contribution in [0.3, 0.4) is 0 Å². The van der Waals surface area contributed by atoms with E-state index in [1.54, 1.807) is 0 Å². The van der Waals surface area contributed by atoms with E-state index in [2.05, 4.69) is 200 Å². The molecule has 12 aromatic rings. The van der Waals surface area contributed by atoms with Gasteiger partial charge in [0.2, 0.25) is 0 Å². The van der Waals surface area contributed by atoms with Gasteiger partial charge in [0.25, 0.3) is 0 Å². The molecule has 1 unspecified atom stereocenters. The number of hydrogen-bond acceptors (Lipinski definition) is 4. The maximum absolute atomic E-state index is 7.53. The smallest absolute Gasteiger partial charge is 0.329 e. The SMILES string of the molecule is CC1(C)CCC(C)(C)c2cc3c(cc21)oc1c(N2B4c5cccc6c5C(Cc5c-6ccc6ccccc56)c5c4c(cc4c5oc5ccccc54)-c4c2ccc2c4oc4cc5c(cc42)C(C)(C)CCC5(C)C)cccc13. The molecule has 0 fully saturated rings. The summed E-state index contributed by atoms with van der Waals surface area (Å²) in [6.07, 6.45) is 5.47. The third-order valence-electron chi connectivity index (χ3n) is 20.0. The van der Waals surface area contributed by atoms with Crippen molar-refractivity contribution in [2.24, 2.45) is 0 Å². The van der Waals surface area contributed by atoms with E-state index in [0.717, 1.165) is 104 Å². The zero-order valence-corrected chi connectivity index (χ0v) is 44.1. The molecule has 5 heterocycles. The lowest BCUT2D eigenvalue weighted by Gasteiger charge is -2.46. The number of rotatable bonds is 1. The van der Waals surface area contributed by atoms with Crippen molar-refractivity contribution in [3.05, 3.63) is 178 Å². The first kappa shape index (κ1) is 42.8. The average molecular weight is 972 g/mol. The zero-order valence-electron chi connectivity index (χ0n) is 44.1. The lowest BCUT2D eigenvalue weighted by atomic mass is 9.39. The number of furan rings is 3. The molecule has 0 N–H and O–H groups in total. The molecule has 3 aromatic heterocycles. The minimum Gasteiger partial charge on any atom is -0.456 e. The monoisotopic (exact) mass is 971 g/mol. The molecule has 5 heteroatoms. The minimum atomic E-state index is -0.214. The first-order valence-electron chi connectivity index (χ1n) is 27.6. The second-order valence-electron chi connectivity index (χ2n) is 25.9. The van der Waals surface area contributed by atoms with Gasteiger partial charge in [-0.2, -0.15) is 0 Å². The Kier molecular flexibility index (Phi) is 7.91. The van der Waals surface area contributed by atoms with E-state index in [4.69, 9.17) is 13.3 Å². The van der Waals surface area contributed by atoms with E-state index in [-0.39, 0.29) is 34.4 Å². The molecule has 2 aliphatic heterocycles. The summed E-state index contributed by atoms with van der Waals surface area (Å²) in [4.78, 5) is 2.65. The summed E-state index contributed by atoms with van der Waals surface area (Å²) in [5, 5.41) is 9.58. The number of fused-ring (bicyclic) bond motifs is 21. The molecular weight excluding hydrogens is 914 g/mol. The zero-order chi connectivity index (χ0) is 50.4. The predicted molar refractivity (Wildman–Crippen MR) is 313 cm³/mol. The van der Waals surface area contributed by atoms with Crippen molar-refractivity contribution in [1.82, 2.24) is 0 Å². The maximum atomic E-state index is 7.53. The van der Waals surface area contributed by atoms with E-state index < -0.39 is 0 Å². The summed E-state index contributed by atoms with van der Waals surface area (Å²) in [5.74, 6) is 0.0401. The van der Waals surface area contributed by atoms with Crippen molar-refractivity contribution < 1.29 is 13.3 Å². The Morgan fingerprint density at radius 1 is 0.427 bits per heavy atom. The van der Waals surface area contributed by atoms with Gasteiger partial charge in [-0.15, -0.1) is 0 Å². The van der Waals surface area contributed by atoms with Gasteiger partial charge in [-0.25, -0.2) is 0 Å². The molecule has 0 spiro atoms. The number of para-hydroxylation sites is 2. The summed E-state index contributed by atoms with van der Waals surface area (Å²) < 4.78 is 22.3. The van der Waals surface area contributed by atoms with E-state index in [1.165, 1.54) is 88.1 Å². The van der Waals surface area contributed by atoms with Crippen LogP contribution in [0.25, 0.3) is 98.8 Å². The molecule has 364 valence electrons. The van der Waals surface area contributed by atoms with E-state index in [0.29, 0.717) is 0 Å². The molecule has 9 aromatic carbocycles. The lowest BCUT2D eigenvalue weighted by molar-refractivity contribution is 0.332. The van der Waals surface area contributed by atoms with Crippen LogP contribution >= 0.6 is 0 Å². The van der Waals surface area contributed by atoms with E-state index in [9.17, 15) is 0 Å². The van der Waals surface area contributed by atoms with E-state index in [1.807, 2.05) is 0 Å². The third kappa shape index (κ3) is 5.39. The van der Waals surface area contributed by atoms with Crippen LogP contribution in [0.5, 0.6) is 0 Å². The number of benzene rings is 9. The predicted octanol–water partition coefficient (Wildman–Crippen LogP) is 17.8. The van der Waals surface area contributed by atoms with Crippen molar-refractivity contribution in [3.63, 3.8) is 0 Å². The second-order valence-corrected chi connectivity index (χ2v) is 25.9. The van der Waals surface area contributed by atoms with Crippen LogP contribution in [0, 0.1) is 0 Å². The number of anilines is 2. The van der Waals surface area contributed by atoms with Crippen LogP contribution in [0.1, 0.15) is 126 Å². The lowest BCUT2D eigenvalue weighted by Crippen LogP contribution is -2.62. The van der Waals surface area contributed by atoms with Gasteiger partial charge < -0.3 is 18.1 Å². The normalized spacial score (nSPS) is 19.2. The first-order valence-corrected chi connectivity index (χ1v) is 27.6. The second kappa shape index (κ2) is 13.9. The van der Waals surface area contributed by atoms with Crippen LogP contribution in [0.4, 0.5) is 11.4 Å². The van der Waals surface area contributed by atoms with Gasteiger partial charge in [-0.1, -0.05) is 140 Å². The Hall–Kier alpha value is -7.50. The Morgan fingerprint density at radius 3 is 1.75 bits per heavy atom. The van der Waals surface area contributed by atoms with Gasteiger partial charge >= 0.3 is 6.85 Å². The molecular formula is C70H58BNO3. The summed E-state index contributed by atoms with van der Waals surface area (Å²) in [6, 6.07) is 53.4. The van der Waals surface area contributed by atoms with E-state index >= 15 is 0 Å².